The maximum Gasteiger partial charge on any atom is 0.407 e. The van der Waals surface area contributed by atoms with E-state index in [9.17, 15) is 4.79 Å². The topological polar surface area (TPSA) is 69.6 Å². The number of halogens is 1. The molecule has 0 aliphatic carbocycles. The lowest BCUT2D eigenvalue weighted by molar-refractivity contribution is 0.142. The first kappa shape index (κ1) is 11.9. The Bertz CT molecular complexity index is 429. The maximum absolute atomic E-state index is 10.8. The Morgan fingerprint density at radius 2 is 2.41 bits per heavy atom. The second kappa shape index (κ2) is 4.75. The van der Waals surface area contributed by atoms with E-state index in [2.05, 4.69) is 9.97 Å². The van der Waals surface area contributed by atoms with Crippen LogP contribution in [0.3, 0.4) is 0 Å². The van der Waals surface area contributed by atoms with Crippen LogP contribution in [0.4, 0.5) is 10.6 Å². The summed E-state index contributed by atoms with van der Waals surface area (Å²) in [5.74, 6) is 0.742. The third kappa shape index (κ3) is 2.58. The Labute approximate surface area is 104 Å². The number of rotatable bonds is 2. The van der Waals surface area contributed by atoms with Gasteiger partial charge in [-0.2, -0.15) is 0 Å². The van der Waals surface area contributed by atoms with Crippen LogP contribution in [0.15, 0.2) is 12.4 Å². The van der Waals surface area contributed by atoms with Crippen LogP contribution in [0.25, 0.3) is 0 Å². The van der Waals surface area contributed by atoms with Crippen molar-refractivity contribution in [1.82, 2.24) is 14.9 Å². The molecule has 1 N–H and O–H groups in total. The van der Waals surface area contributed by atoms with Gasteiger partial charge in [-0.15, -0.1) is 0 Å². The second-order valence-corrected chi connectivity index (χ2v) is 4.37. The van der Waals surface area contributed by atoms with Crippen LogP contribution in [0, 0.1) is 0 Å². The molecule has 2 heterocycles. The number of amides is 1. The molecule has 1 aliphatic heterocycles. The van der Waals surface area contributed by atoms with E-state index >= 15 is 0 Å². The Hall–Kier alpha value is -1.56. The van der Waals surface area contributed by atoms with Crippen LogP contribution in [0.1, 0.15) is 6.42 Å². The normalized spacial score (nSPS) is 19.4. The van der Waals surface area contributed by atoms with E-state index in [0.717, 1.165) is 18.8 Å². The number of aromatic nitrogens is 2. The summed E-state index contributed by atoms with van der Waals surface area (Å²) in [5, 5.41) is 9.30. The van der Waals surface area contributed by atoms with Crippen LogP contribution in [-0.2, 0) is 0 Å². The zero-order valence-electron chi connectivity index (χ0n) is 9.38. The van der Waals surface area contributed by atoms with Gasteiger partial charge in [-0.25, -0.2) is 14.8 Å². The van der Waals surface area contributed by atoms with Gasteiger partial charge in [0.2, 0.25) is 0 Å². The Morgan fingerprint density at radius 1 is 1.65 bits per heavy atom. The van der Waals surface area contributed by atoms with Crippen molar-refractivity contribution in [2.24, 2.45) is 0 Å². The van der Waals surface area contributed by atoms with Crippen LogP contribution in [0.5, 0.6) is 0 Å². The smallest absolute Gasteiger partial charge is 0.407 e. The standard InChI is InChI=1S/C10H13ClN4O2/c1-14(10(16)17)7-2-3-15(5-7)9-4-8(11)12-6-13-9/h4,6-7H,2-3,5H2,1H3,(H,16,17)/t7-/m0/s1. The third-order valence-electron chi connectivity index (χ3n) is 2.96. The van der Waals surface area contributed by atoms with Gasteiger partial charge in [0.05, 0.1) is 6.04 Å². The van der Waals surface area contributed by atoms with Gasteiger partial charge in [0.15, 0.2) is 0 Å². The average Bonchev–Trinajstić information content (AvgIpc) is 2.77. The molecule has 0 radical (unpaired) electrons. The van der Waals surface area contributed by atoms with Gasteiger partial charge in [0, 0.05) is 26.2 Å². The summed E-state index contributed by atoms with van der Waals surface area (Å²) >= 11 is 5.79. The summed E-state index contributed by atoms with van der Waals surface area (Å²) in [7, 11) is 1.59. The molecular weight excluding hydrogens is 244 g/mol. The lowest BCUT2D eigenvalue weighted by Gasteiger charge is -2.22. The fraction of sp³-hybridized carbons (Fsp3) is 0.500. The van der Waals surface area contributed by atoms with Crippen molar-refractivity contribution >= 4 is 23.5 Å². The van der Waals surface area contributed by atoms with Gasteiger partial charge in [-0.3, -0.25) is 0 Å². The second-order valence-electron chi connectivity index (χ2n) is 3.98. The number of carboxylic acid groups (broad SMARTS) is 1. The summed E-state index contributed by atoms with van der Waals surface area (Å²) in [6.07, 6.45) is 1.30. The van der Waals surface area contributed by atoms with Crippen molar-refractivity contribution in [3.63, 3.8) is 0 Å². The molecule has 1 aliphatic rings. The van der Waals surface area contributed by atoms with Crippen molar-refractivity contribution in [3.8, 4) is 0 Å². The van der Waals surface area contributed by atoms with E-state index in [4.69, 9.17) is 16.7 Å². The molecule has 0 aromatic carbocycles. The molecule has 0 spiro atoms. The highest BCUT2D eigenvalue weighted by atomic mass is 35.5. The minimum atomic E-state index is -0.905. The van der Waals surface area contributed by atoms with Crippen LogP contribution in [0.2, 0.25) is 5.15 Å². The first-order valence-corrected chi connectivity index (χ1v) is 5.64. The van der Waals surface area contributed by atoms with E-state index in [1.807, 2.05) is 4.90 Å². The first-order chi connectivity index (χ1) is 8.08. The maximum atomic E-state index is 10.8. The largest absolute Gasteiger partial charge is 0.465 e. The molecule has 0 unspecified atom stereocenters. The van der Waals surface area contributed by atoms with Gasteiger partial charge in [-0.1, -0.05) is 11.6 Å². The predicted octanol–water partition coefficient (Wildman–Crippen LogP) is 1.32. The molecule has 7 heteroatoms. The number of carbonyl (C=O) groups is 1. The SMILES string of the molecule is CN(C(=O)O)[C@H]1CCN(c2cc(Cl)ncn2)C1. The molecule has 0 bridgehead atoms. The molecule has 1 aromatic rings. The van der Waals surface area contributed by atoms with E-state index in [1.54, 1.807) is 13.1 Å². The average molecular weight is 257 g/mol. The lowest BCUT2D eigenvalue weighted by Crippen LogP contribution is -2.38. The highest BCUT2D eigenvalue weighted by Crippen LogP contribution is 2.21. The first-order valence-electron chi connectivity index (χ1n) is 5.26. The third-order valence-corrected chi connectivity index (χ3v) is 3.16. The minimum Gasteiger partial charge on any atom is -0.465 e. The van der Waals surface area contributed by atoms with Gasteiger partial charge in [0.25, 0.3) is 0 Å². The number of nitrogens with zero attached hydrogens (tertiary/aromatic N) is 4. The van der Waals surface area contributed by atoms with Gasteiger partial charge >= 0.3 is 6.09 Å². The molecular formula is C10H13ClN4O2. The highest BCUT2D eigenvalue weighted by Gasteiger charge is 2.28. The summed E-state index contributed by atoms with van der Waals surface area (Å²) in [4.78, 5) is 22.1. The summed E-state index contributed by atoms with van der Waals surface area (Å²) in [5.41, 5.74) is 0. The summed E-state index contributed by atoms with van der Waals surface area (Å²) in [6, 6.07) is 1.69. The predicted molar refractivity (Wildman–Crippen MR) is 63.4 cm³/mol. The van der Waals surface area contributed by atoms with E-state index < -0.39 is 6.09 Å². The Balaban J connectivity index is 2.05. The quantitative estimate of drug-likeness (QED) is 0.808. The van der Waals surface area contributed by atoms with E-state index in [1.165, 1.54) is 11.2 Å². The summed E-state index contributed by atoms with van der Waals surface area (Å²) < 4.78 is 0. The van der Waals surface area contributed by atoms with Crippen molar-refractivity contribution in [3.05, 3.63) is 17.5 Å². The lowest BCUT2D eigenvalue weighted by atomic mass is 10.2. The van der Waals surface area contributed by atoms with Gasteiger partial charge in [-0.05, 0) is 6.42 Å². The van der Waals surface area contributed by atoms with E-state index in [-0.39, 0.29) is 6.04 Å². The van der Waals surface area contributed by atoms with Crippen LogP contribution >= 0.6 is 11.6 Å². The Kier molecular flexibility index (Phi) is 3.33. The fourth-order valence-corrected chi connectivity index (χ4v) is 2.06. The molecule has 0 saturated carbocycles. The number of anilines is 1. The van der Waals surface area contributed by atoms with Crippen molar-refractivity contribution in [2.75, 3.05) is 25.0 Å². The van der Waals surface area contributed by atoms with Gasteiger partial charge < -0.3 is 14.9 Å². The van der Waals surface area contributed by atoms with Crippen molar-refractivity contribution in [2.45, 2.75) is 12.5 Å². The van der Waals surface area contributed by atoms with Gasteiger partial charge in [0.1, 0.15) is 17.3 Å². The monoisotopic (exact) mass is 256 g/mol. The molecule has 2 rings (SSSR count). The van der Waals surface area contributed by atoms with Crippen molar-refractivity contribution < 1.29 is 9.90 Å². The minimum absolute atomic E-state index is 0.00115. The fourth-order valence-electron chi connectivity index (χ4n) is 1.92. The molecule has 6 nitrogen and oxygen atoms in total. The van der Waals surface area contributed by atoms with E-state index in [0.29, 0.717) is 11.7 Å². The van der Waals surface area contributed by atoms with Crippen LogP contribution in [-0.4, -0.2) is 52.2 Å². The zero-order chi connectivity index (χ0) is 12.4. The molecule has 1 saturated heterocycles. The van der Waals surface area contributed by atoms with Crippen LogP contribution < -0.4 is 4.90 Å². The van der Waals surface area contributed by atoms with Crippen molar-refractivity contribution in [1.29, 1.82) is 0 Å². The number of hydrogen-bond donors (Lipinski definition) is 1. The molecule has 1 aromatic heterocycles. The molecule has 92 valence electrons. The number of likely N-dealkylation sites (N-methyl/N-ethyl adjacent to an activating group) is 1. The zero-order valence-corrected chi connectivity index (χ0v) is 10.1. The molecule has 1 amide bonds. The highest BCUT2D eigenvalue weighted by molar-refractivity contribution is 6.29. The molecule has 1 atom stereocenters. The molecule has 1 fully saturated rings. The molecule has 17 heavy (non-hydrogen) atoms. The number of hydrogen-bond acceptors (Lipinski definition) is 4. The Morgan fingerprint density at radius 3 is 3.06 bits per heavy atom. The summed E-state index contributed by atoms with van der Waals surface area (Å²) in [6.45, 7) is 1.41.